The number of benzene rings is 2. The fourth-order valence-electron chi connectivity index (χ4n) is 2.43. The lowest BCUT2D eigenvalue weighted by Gasteiger charge is -2.01. The molecular formula is C19H16N4O3. The number of hydrogen-bond donors (Lipinski definition) is 1. The number of aromatic nitrogens is 2. The summed E-state index contributed by atoms with van der Waals surface area (Å²) in [6, 6.07) is 16.1. The third kappa shape index (κ3) is 4.41. The maximum absolute atomic E-state index is 12.0. The van der Waals surface area contributed by atoms with E-state index in [0.717, 1.165) is 5.56 Å². The minimum atomic E-state index is -0.481. The molecule has 0 fully saturated rings. The molecule has 0 aliphatic carbocycles. The lowest BCUT2D eigenvalue weighted by Crippen LogP contribution is -2.07. The summed E-state index contributed by atoms with van der Waals surface area (Å²) in [6.45, 7) is 0.600. The molecule has 0 aliphatic rings. The van der Waals surface area contributed by atoms with Crippen molar-refractivity contribution in [3.63, 3.8) is 0 Å². The molecule has 3 rings (SSSR count). The number of para-hydroxylation sites is 1. The Labute approximate surface area is 149 Å². The van der Waals surface area contributed by atoms with Crippen molar-refractivity contribution in [3.05, 3.63) is 94.3 Å². The molecule has 0 atom stereocenters. The Hall–Kier alpha value is -3.74. The van der Waals surface area contributed by atoms with E-state index in [1.165, 1.54) is 18.2 Å². The van der Waals surface area contributed by atoms with Gasteiger partial charge in [-0.2, -0.15) is 5.10 Å². The van der Waals surface area contributed by atoms with E-state index < -0.39 is 4.92 Å². The maximum atomic E-state index is 12.0. The molecular weight excluding hydrogens is 332 g/mol. The summed E-state index contributed by atoms with van der Waals surface area (Å²) in [6.07, 6.45) is 5.96. The van der Waals surface area contributed by atoms with Crippen LogP contribution in [0.3, 0.4) is 0 Å². The number of nitrogens with zero attached hydrogens (tertiary/aromatic N) is 3. The number of anilines is 1. The van der Waals surface area contributed by atoms with Crippen molar-refractivity contribution in [2.75, 3.05) is 5.32 Å². The quantitative estimate of drug-likeness (QED) is 0.419. The number of hydrogen-bond acceptors (Lipinski definition) is 4. The van der Waals surface area contributed by atoms with Crippen LogP contribution in [0, 0.1) is 10.1 Å². The van der Waals surface area contributed by atoms with Gasteiger partial charge in [0.2, 0.25) is 5.91 Å². The van der Waals surface area contributed by atoms with Gasteiger partial charge in [0.05, 0.1) is 28.9 Å². The second-order valence-corrected chi connectivity index (χ2v) is 5.55. The zero-order chi connectivity index (χ0) is 18.4. The molecule has 0 saturated heterocycles. The summed E-state index contributed by atoms with van der Waals surface area (Å²) in [7, 11) is 0. The molecule has 0 unspecified atom stereocenters. The van der Waals surface area contributed by atoms with Crippen LogP contribution >= 0.6 is 0 Å². The molecule has 3 aromatic rings. The van der Waals surface area contributed by atoms with Crippen molar-refractivity contribution in [2.45, 2.75) is 6.54 Å². The Morgan fingerprint density at radius 1 is 1.15 bits per heavy atom. The number of nitrogens with one attached hydrogen (secondary N) is 1. The molecule has 1 aromatic heterocycles. The lowest BCUT2D eigenvalue weighted by atomic mass is 10.1. The molecule has 7 heteroatoms. The minimum absolute atomic E-state index is 0.0489. The van der Waals surface area contributed by atoms with Crippen LogP contribution in [-0.2, 0) is 11.3 Å². The first-order valence-electron chi connectivity index (χ1n) is 7.91. The van der Waals surface area contributed by atoms with E-state index in [0.29, 0.717) is 17.8 Å². The maximum Gasteiger partial charge on any atom is 0.276 e. The fourth-order valence-corrected chi connectivity index (χ4v) is 2.43. The number of nitro groups is 1. The van der Waals surface area contributed by atoms with Gasteiger partial charge in [-0.05, 0) is 17.7 Å². The Morgan fingerprint density at radius 3 is 2.65 bits per heavy atom. The first kappa shape index (κ1) is 17.1. The Bertz CT molecular complexity index is 948. The van der Waals surface area contributed by atoms with Gasteiger partial charge in [-0.15, -0.1) is 0 Å². The van der Waals surface area contributed by atoms with Crippen LogP contribution in [0.15, 0.2) is 73.1 Å². The summed E-state index contributed by atoms with van der Waals surface area (Å²) >= 11 is 0. The van der Waals surface area contributed by atoms with E-state index >= 15 is 0 Å². The molecule has 0 saturated carbocycles. The highest BCUT2D eigenvalue weighted by molar-refractivity contribution is 6.02. The van der Waals surface area contributed by atoms with Crippen LogP contribution in [0.2, 0.25) is 0 Å². The summed E-state index contributed by atoms with van der Waals surface area (Å²) in [5.74, 6) is -0.387. The second kappa shape index (κ2) is 7.89. The van der Waals surface area contributed by atoms with Gasteiger partial charge in [-0.3, -0.25) is 19.6 Å². The van der Waals surface area contributed by atoms with E-state index in [2.05, 4.69) is 10.4 Å². The van der Waals surface area contributed by atoms with Crippen molar-refractivity contribution in [3.8, 4) is 0 Å². The number of carbonyl (C=O) groups excluding carboxylic acids is 1. The Morgan fingerprint density at radius 2 is 1.88 bits per heavy atom. The summed E-state index contributed by atoms with van der Waals surface area (Å²) in [5, 5.41) is 17.9. The van der Waals surface area contributed by atoms with Crippen molar-refractivity contribution in [1.29, 1.82) is 0 Å². The van der Waals surface area contributed by atoms with Crippen molar-refractivity contribution >= 4 is 23.4 Å². The van der Waals surface area contributed by atoms with Crippen LogP contribution in [-0.4, -0.2) is 20.6 Å². The predicted octanol–water partition coefficient (Wildman–Crippen LogP) is 3.49. The third-order valence-corrected chi connectivity index (χ3v) is 3.64. The van der Waals surface area contributed by atoms with E-state index in [1.54, 1.807) is 35.3 Å². The topological polar surface area (TPSA) is 90.1 Å². The van der Waals surface area contributed by atoms with Gasteiger partial charge in [0.1, 0.15) is 0 Å². The normalized spacial score (nSPS) is 10.8. The van der Waals surface area contributed by atoms with Crippen molar-refractivity contribution in [2.24, 2.45) is 0 Å². The zero-order valence-electron chi connectivity index (χ0n) is 13.8. The number of carbonyl (C=O) groups is 1. The highest BCUT2D eigenvalue weighted by atomic mass is 16.6. The van der Waals surface area contributed by atoms with Gasteiger partial charge in [0, 0.05) is 18.3 Å². The number of amides is 1. The molecule has 0 aliphatic heterocycles. The average molecular weight is 348 g/mol. The monoisotopic (exact) mass is 348 g/mol. The molecule has 2 aromatic carbocycles. The van der Waals surface area contributed by atoms with Gasteiger partial charge in [-0.25, -0.2) is 0 Å². The molecule has 26 heavy (non-hydrogen) atoms. The SMILES string of the molecule is O=C(/C=C/c1ccccc1[N+](=O)[O-])Nc1cnn(Cc2ccccc2)c1. The van der Waals surface area contributed by atoms with Crippen LogP contribution in [0.4, 0.5) is 11.4 Å². The van der Waals surface area contributed by atoms with E-state index in [9.17, 15) is 14.9 Å². The van der Waals surface area contributed by atoms with Gasteiger partial charge < -0.3 is 5.32 Å². The van der Waals surface area contributed by atoms with Crippen LogP contribution in [0.1, 0.15) is 11.1 Å². The summed E-state index contributed by atoms with van der Waals surface area (Å²) in [4.78, 5) is 22.5. The number of nitro benzene ring substituents is 1. The van der Waals surface area contributed by atoms with E-state index in [-0.39, 0.29) is 11.6 Å². The standard InChI is InChI=1S/C19H16N4O3/c24-19(11-10-16-8-4-5-9-18(16)23(25)26)21-17-12-20-22(14-17)13-15-6-2-1-3-7-15/h1-12,14H,13H2,(H,21,24)/b11-10+. The van der Waals surface area contributed by atoms with Gasteiger partial charge in [-0.1, -0.05) is 42.5 Å². The zero-order valence-corrected chi connectivity index (χ0v) is 13.8. The van der Waals surface area contributed by atoms with Crippen LogP contribution in [0.25, 0.3) is 6.08 Å². The van der Waals surface area contributed by atoms with Gasteiger partial charge in [0.15, 0.2) is 0 Å². The largest absolute Gasteiger partial charge is 0.320 e. The summed E-state index contributed by atoms with van der Waals surface area (Å²) in [5.41, 5.74) is 1.97. The summed E-state index contributed by atoms with van der Waals surface area (Å²) < 4.78 is 1.72. The molecule has 1 heterocycles. The molecule has 130 valence electrons. The average Bonchev–Trinajstić information content (AvgIpc) is 3.07. The van der Waals surface area contributed by atoms with E-state index in [4.69, 9.17) is 0 Å². The Kier molecular flexibility index (Phi) is 5.19. The second-order valence-electron chi connectivity index (χ2n) is 5.55. The number of rotatable bonds is 6. The van der Waals surface area contributed by atoms with Crippen molar-refractivity contribution in [1.82, 2.24) is 9.78 Å². The lowest BCUT2D eigenvalue weighted by molar-refractivity contribution is -0.385. The van der Waals surface area contributed by atoms with Crippen molar-refractivity contribution < 1.29 is 9.72 Å². The molecule has 7 nitrogen and oxygen atoms in total. The van der Waals surface area contributed by atoms with Gasteiger partial charge in [0.25, 0.3) is 5.69 Å². The highest BCUT2D eigenvalue weighted by Gasteiger charge is 2.10. The highest BCUT2D eigenvalue weighted by Crippen LogP contribution is 2.19. The van der Waals surface area contributed by atoms with E-state index in [1.807, 2.05) is 30.3 Å². The van der Waals surface area contributed by atoms with Crippen LogP contribution < -0.4 is 5.32 Å². The first-order valence-corrected chi connectivity index (χ1v) is 7.91. The third-order valence-electron chi connectivity index (χ3n) is 3.64. The first-order chi connectivity index (χ1) is 12.6. The Balaban J connectivity index is 1.63. The molecule has 0 bridgehead atoms. The smallest absolute Gasteiger partial charge is 0.276 e. The molecule has 1 amide bonds. The molecule has 0 spiro atoms. The molecule has 0 radical (unpaired) electrons. The van der Waals surface area contributed by atoms with Crippen LogP contribution in [0.5, 0.6) is 0 Å². The predicted molar refractivity (Wildman–Crippen MR) is 98.5 cm³/mol. The molecule has 1 N–H and O–H groups in total. The minimum Gasteiger partial charge on any atom is -0.320 e. The van der Waals surface area contributed by atoms with Gasteiger partial charge >= 0.3 is 0 Å². The fraction of sp³-hybridized carbons (Fsp3) is 0.0526.